The largest absolute Gasteiger partial charge is 0.471 e. The lowest BCUT2D eigenvalue weighted by Crippen LogP contribution is -2.30. The van der Waals surface area contributed by atoms with Gasteiger partial charge < -0.3 is 5.32 Å². The van der Waals surface area contributed by atoms with Gasteiger partial charge in [-0.1, -0.05) is 30.4 Å². The van der Waals surface area contributed by atoms with E-state index in [-0.39, 0.29) is 5.69 Å². The predicted octanol–water partition coefficient (Wildman–Crippen LogP) is 3.22. The Morgan fingerprint density at radius 1 is 1.33 bits per heavy atom. The third-order valence-corrected chi connectivity index (χ3v) is 4.31. The molecule has 24 heavy (non-hydrogen) atoms. The van der Waals surface area contributed by atoms with Gasteiger partial charge in [0.05, 0.1) is 0 Å². The Morgan fingerprint density at radius 2 is 2.08 bits per heavy atom. The van der Waals surface area contributed by atoms with Crippen LogP contribution in [0.5, 0.6) is 0 Å². The maximum Gasteiger partial charge on any atom is 0.471 e. The van der Waals surface area contributed by atoms with Crippen LogP contribution in [0.15, 0.2) is 18.2 Å². The molecule has 0 spiro atoms. The van der Waals surface area contributed by atoms with Crippen LogP contribution in [-0.4, -0.2) is 31.9 Å². The average Bonchev–Trinajstić information content (AvgIpc) is 3.08. The fourth-order valence-electron chi connectivity index (χ4n) is 2.08. The molecule has 10 heteroatoms. The van der Waals surface area contributed by atoms with Crippen molar-refractivity contribution >= 4 is 27.9 Å². The minimum absolute atomic E-state index is 0.0940. The van der Waals surface area contributed by atoms with Gasteiger partial charge in [0, 0.05) is 17.7 Å². The molecule has 1 aromatic carbocycles. The van der Waals surface area contributed by atoms with Crippen LogP contribution < -0.4 is 5.32 Å². The minimum Gasteiger partial charge on any atom is -0.318 e. The molecule has 6 nitrogen and oxygen atoms in total. The fourth-order valence-corrected chi connectivity index (χ4v) is 2.93. The summed E-state index contributed by atoms with van der Waals surface area (Å²) in [4.78, 5) is 11.7. The molecule has 0 atom stereocenters. The zero-order chi connectivity index (χ0) is 17.5. The summed E-state index contributed by atoms with van der Waals surface area (Å²) in [5.74, 6) is -1.31. The zero-order valence-corrected chi connectivity index (χ0v) is 13.5. The zero-order valence-electron chi connectivity index (χ0n) is 12.7. The average molecular weight is 355 g/mol. The summed E-state index contributed by atoms with van der Waals surface area (Å²) in [5, 5.41) is 14.8. The van der Waals surface area contributed by atoms with E-state index in [1.807, 2.05) is 12.2 Å². The van der Waals surface area contributed by atoms with Crippen LogP contribution in [0.2, 0.25) is 0 Å². The Balaban J connectivity index is 1.97. The number of alkyl halides is 3. The monoisotopic (exact) mass is 355 g/mol. The lowest BCUT2D eigenvalue weighted by atomic mass is 10.1. The smallest absolute Gasteiger partial charge is 0.318 e. The third-order valence-electron chi connectivity index (χ3n) is 3.36. The van der Waals surface area contributed by atoms with Crippen molar-refractivity contribution < 1.29 is 18.0 Å². The molecule has 0 saturated heterocycles. The molecule has 1 amide bonds. The van der Waals surface area contributed by atoms with E-state index in [0.717, 1.165) is 0 Å². The number of benzene rings is 1. The van der Waals surface area contributed by atoms with E-state index >= 15 is 0 Å². The number of nitrogens with one attached hydrogen (secondary N) is 1. The van der Waals surface area contributed by atoms with E-state index in [1.165, 1.54) is 17.4 Å². The Hall–Kier alpha value is -2.49. The number of fused-ring (bicyclic) bond motifs is 1. The van der Waals surface area contributed by atoms with Crippen molar-refractivity contribution in [3.8, 4) is 10.6 Å². The van der Waals surface area contributed by atoms with Crippen molar-refractivity contribution in [2.24, 2.45) is 0 Å². The highest BCUT2D eigenvalue weighted by Crippen LogP contribution is 2.30. The summed E-state index contributed by atoms with van der Waals surface area (Å²) < 4.78 is 38.9. The standard InChI is InChI=1S/C14H12F3N5OS/c1-3-10-19-20-13-22(10)21-11(24-13)8-5-4-7(2)9(6-8)18-12(23)14(15,16)17/h4-6H,3H2,1-2H3,(H,18,23). The number of halogens is 3. The molecule has 0 fully saturated rings. The molecule has 0 aliphatic carbocycles. The number of aryl methyl sites for hydroxylation is 2. The molecule has 126 valence electrons. The summed E-state index contributed by atoms with van der Waals surface area (Å²) in [6.07, 6.45) is -4.28. The van der Waals surface area contributed by atoms with Crippen LogP contribution in [-0.2, 0) is 11.2 Å². The van der Waals surface area contributed by atoms with E-state index in [0.29, 0.717) is 33.3 Å². The van der Waals surface area contributed by atoms with E-state index in [4.69, 9.17) is 0 Å². The minimum atomic E-state index is -4.94. The second-order valence-corrected chi connectivity index (χ2v) is 6.01. The number of aromatic nitrogens is 4. The van der Waals surface area contributed by atoms with Gasteiger partial charge in [-0.3, -0.25) is 4.79 Å². The highest BCUT2D eigenvalue weighted by molar-refractivity contribution is 7.19. The van der Waals surface area contributed by atoms with E-state index in [2.05, 4.69) is 15.3 Å². The molecule has 0 saturated carbocycles. The van der Waals surface area contributed by atoms with E-state index in [9.17, 15) is 18.0 Å². The summed E-state index contributed by atoms with van der Waals surface area (Å²) in [6.45, 7) is 3.54. The molecule has 0 aliphatic heterocycles. The van der Waals surface area contributed by atoms with Crippen LogP contribution >= 0.6 is 11.3 Å². The van der Waals surface area contributed by atoms with E-state index in [1.54, 1.807) is 23.6 Å². The van der Waals surface area contributed by atoms with Gasteiger partial charge in [0.25, 0.3) is 0 Å². The number of amides is 1. The maximum absolute atomic E-state index is 12.4. The van der Waals surface area contributed by atoms with Crippen LogP contribution in [0.25, 0.3) is 15.5 Å². The van der Waals surface area contributed by atoms with Crippen molar-refractivity contribution in [1.82, 2.24) is 19.8 Å². The van der Waals surface area contributed by atoms with Crippen molar-refractivity contribution in [3.63, 3.8) is 0 Å². The second-order valence-electron chi connectivity index (χ2n) is 5.05. The highest BCUT2D eigenvalue weighted by Gasteiger charge is 2.38. The Bertz CT molecular complexity index is 915. The molecular weight excluding hydrogens is 343 g/mol. The summed E-state index contributed by atoms with van der Waals surface area (Å²) in [7, 11) is 0. The highest BCUT2D eigenvalue weighted by atomic mass is 32.1. The number of carbonyl (C=O) groups is 1. The SMILES string of the molecule is CCc1nnc2sc(-c3ccc(C)c(NC(=O)C(F)(F)F)c3)nn12. The first-order valence-electron chi connectivity index (χ1n) is 7.00. The van der Waals surface area contributed by atoms with Gasteiger partial charge in [0.1, 0.15) is 5.01 Å². The summed E-state index contributed by atoms with van der Waals surface area (Å²) in [6, 6.07) is 4.83. The molecule has 1 N–H and O–H groups in total. The Labute approximate surface area is 138 Å². The van der Waals surface area contributed by atoms with E-state index < -0.39 is 12.1 Å². The molecular formula is C14H12F3N5OS. The predicted molar refractivity (Wildman–Crippen MR) is 82.9 cm³/mol. The van der Waals surface area contributed by atoms with Gasteiger partial charge in [-0.2, -0.15) is 22.8 Å². The summed E-state index contributed by atoms with van der Waals surface area (Å²) in [5.41, 5.74) is 1.21. The lowest BCUT2D eigenvalue weighted by Gasteiger charge is -2.11. The number of carbonyl (C=O) groups excluding carboxylic acids is 1. The first kappa shape index (κ1) is 16.4. The number of rotatable bonds is 3. The van der Waals surface area contributed by atoms with Crippen molar-refractivity contribution in [2.45, 2.75) is 26.4 Å². The molecule has 0 radical (unpaired) electrons. The molecule has 0 bridgehead atoms. The first-order chi connectivity index (χ1) is 11.3. The molecule has 2 aromatic heterocycles. The molecule has 0 unspecified atom stereocenters. The van der Waals surface area contributed by atoms with Gasteiger partial charge in [0.2, 0.25) is 4.96 Å². The van der Waals surface area contributed by atoms with Crippen molar-refractivity contribution in [2.75, 3.05) is 5.32 Å². The number of hydrogen-bond acceptors (Lipinski definition) is 5. The van der Waals surface area contributed by atoms with Crippen LogP contribution in [0.1, 0.15) is 18.3 Å². The van der Waals surface area contributed by atoms with Gasteiger partial charge in [-0.15, -0.1) is 10.2 Å². The molecule has 2 heterocycles. The maximum atomic E-state index is 12.4. The third kappa shape index (κ3) is 2.96. The number of nitrogens with zero attached hydrogens (tertiary/aromatic N) is 4. The number of anilines is 1. The molecule has 3 aromatic rings. The fraction of sp³-hybridized carbons (Fsp3) is 0.286. The molecule has 0 aliphatic rings. The summed E-state index contributed by atoms with van der Waals surface area (Å²) >= 11 is 1.27. The van der Waals surface area contributed by atoms with Crippen molar-refractivity contribution in [3.05, 3.63) is 29.6 Å². The first-order valence-corrected chi connectivity index (χ1v) is 7.81. The van der Waals surface area contributed by atoms with Gasteiger partial charge in [-0.05, 0) is 18.6 Å². The van der Waals surface area contributed by atoms with Crippen LogP contribution in [0.4, 0.5) is 18.9 Å². The van der Waals surface area contributed by atoms with Crippen LogP contribution in [0, 0.1) is 6.92 Å². The Morgan fingerprint density at radius 3 is 2.75 bits per heavy atom. The van der Waals surface area contributed by atoms with Gasteiger partial charge in [0.15, 0.2) is 5.82 Å². The quantitative estimate of drug-likeness (QED) is 0.783. The molecule has 3 rings (SSSR count). The van der Waals surface area contributed by atoms with Gasteiger partial charge in [-0.25, -0.2) is 0 Å². The topological polar surface area (TPSA) is 72.2 Å². The Kier molecular flexibility index (Phi) is 3.99. The lowest BCUT2D eigenvalue weighted by molar-refractivity contribution is -0.167. The van der Waals surface area contributed by atoms with Gasteiger partial charge >= 0.3 is 12.1 Å². The normalized spacial score (nSPS) is 11.9. The van der Waals surface area contributed by atoms with Crippen molar-refractivity contribution in [1.29, 1.82) is 0 Å². The van der Waals surface area contributed by atoms with Crippen LogP contribution in [0.3, 0.4) is 0 Å². The second kappa shape index (κ2) is 5.86. The number of hydrogen-bond donors (Lipinski definition) is 1.